The summed E-state index contributed by atoms with van der Waals surface area (Å²) < 4.78 is 19.9. The van der Waals surface area contributed by atoms with E-state index in [4.69, 9.17) is 4.74 Å². The van der Waals surface area contributed by atoms with Gasteiger partial charge < -0.3 is 15.2 Å². The molecule has 2 aromatic rings. The molecule has 0 unspecified atom stereocenters. The Morgan fingerprint density at radius 1 is 1.33 bits per heavy atom. The molecule has 0 aliphatic heterocycles. The summed E-state index contributed by atoms with van der Waals surface area (Å²) in [6.45, 7) is 8.25. The summed E-state index contributed by atoms with van der Waals surface area (Å²) in [5, 5.41) is 12.6. The quantitative estimate of drug-likeness (QED) is 0.657. The Morgan fingerprint density at radius 3 is 2.67 bits per heavy atom. The predicted octanol–water partition coefficient (Wildman–Crippen LogP) is 3.51. The van der Waals surface area contributed by atoms with Crippen molar-refractivity contribution >= 4 is 6.29 Å². The number of hydrogen-bond acceptors (Lipinski definition) is 5. The third-order valence-corrected chi connectivity index (χ3v) is 4.41. The van der Waals surface area contributed by atoms with Crippen LogP contribution in [0.3, 0.4) is 0 Å². The molecule has 1 aromatic heterocycles. The largest absolute Gasteiger partial charge is 0.492 e. The van der Waals surface area contributed by atoms with Gasteiger partial charge in [0.15, 0.2) is 6.29 Å². The zero-order valence-electron chi connectivity index (χ0n) is 16.3. The average molecular weight is 374 g/mol. The molecule has 1 atom stereocenters. The molecular weight excluding hydrogens is 347 g/mol. The lowest BCUT2D eigenvalue weighted by Crippen LogP contribution is -2.36. The number of aliphatic hydroxyl groups excluding tert-OH is 1. The number of nitrogens with zero attached hydrogens (tertiary/aromatic N) is 1. The number of hydrogen-bond donors (Lipinski definition) is 2. The molecule has 2 N–H and O–H groups in total. The highest BCUT2D eigenvalue weighted by atomic mass is 19.1. The van der Waals surface area contributed by atoms with Crippen molar-refractivity contribution in [2.75, 3.05) is 13.2 Å². The van der Waals surface area contributed by atoms with Gasteiger partial charge >= 0.3 is 0 Å². The third-order valence-electron chi connectivity index (χ3n) is 4.41. The van der Waals surface area contributed by atoms with Crippen LogP contribution in [0.25, 0.3) is 11.3 Å². The molecule has 0 amide bonds. The lowest BCUT2D eigenvalue weighted by Gasteiger charge is -2.20. The number of carbonyl (C=O) groups excluding carboxylic acids is 1. The fourth-order valence-corrected chi connectivity index (χ4v) is 2.88. The normalized spacial score (nSPS) is 12.3. The first-order valence-corrected chi connectivity index (χ1v) is 9.13. The molecule has 0 bridgehead atoms. The number of ether oxygens (including phenoxy) is 1. The summed E-state index contributed by atoms with van der Waals surface area (Å²) in [6, 6.07) is 6.43. The lowest BCUT2D eigenvalue weighted by atomic mass is 10.0. The van der Waals surface area contributed by atoms with Crippen LogP contribution >= 0.6 is 0 Å². The highest BCUT2D eigenvalue weighted by Gasteiger charge is 2.17. The van der Waals surface area contributed by atoms with Crippen LogP contribution in [-0.2, 0) is 6.54 Å². The molecule has 0 saturated heterocycles. The Balaban J connectivity index is 2.43. The maximum Gasteiger partial charge on any atom is 0.153 e. The van der Waals surface area contributed by atoms with E-state index >= 15 is 0 Å². The van der Waals surface area contributed by atoms with Gasteiger partial charge in [-0.3, -0.25) is 4.79 Å². The maximum atomic E-state index is 14.3. The highest BCUT2D eigenvalue weighted by Crippen LogP contribution is 2.33. The number of aromatic nitrogens is 1. The first-order valence-electron chi connectivity index (χ1n) is 9.13. The van der Waals surface area contributed by atoms with E-state index in [9.17, 15) is 14.3 Å². The van der Waals surface area contributed by atoms with E-state index in [2.05, 4.69) is 10.3 Å². The predicted molar refractivity (Wildman–Crippen MR) is 103 cm³/mol. The first kappa shape index (κ1) is 21.0. The minimum atomic E-state index is -0.423. The number of aliphatic hydroxyl groups is 1. The van der Waals surface area contributed by atoms with Crippen molar-refractivity contribution in [3.05, 3.63) is 46.9 Å². The second-order valence-electron chi connectivity index (χ2n) is 6.82. The van der Waals surface area contributed by atoms with Gasteiger partial charge in [0.2, 0.25) is 0 Å². The molecule has 6 heteroatoms. The molecule has 146 valence electrons. The van der Waals surface area contributed by atoms with Crippen LogP contribution in [0.2, 0.25) is 0 Å². The third kappa shape index (κ3) is 5.11. The molecule has 2 rings (SSSR count). The van der Waals surface area contributed by atoms with Crippen molar-refractivity contribution in [3.8, 4) is 17.0 Å². The van der Waals surface area contributed by atoms with Crippen LogP contribution in [0.4, 0.5) is 4.39 Å². The molecule has 0 fully saturated rings. The number of aryl methyl sites for hydroxylation is 1. The lowest BCUT2D eigenvalue weighted by molar-refractivity contribution is 0.112. The van der Waals surface area contributed by atoms with Crippen LogP contribution in [0.1, 0.15) is 42.4 Å². The molecule has 0 saturated carbocycles. The Labute approximate surface area is 159 Å². The summed E-state index contributed by atoms with van der Waals surface area (Å²) in [5.41, 5.74) is 2.78. The van der Waals surface area contributed by atoms with Crippen molar-refractivity contribution in [1.29, 1.82) is 0 Å². The number of carbonyl (C=O) groups is 1. The summed E-state index contributed by atoms with van der Waals surface area (Å²) in [5.74, 6) is 0.233. The van der Waals surface area contributed by atoms with Crippen molar-refractivity contribution in [2.45, 2.75) is 40.3 Å². The minimum Gasteiger partial charge on any atom is -0.492 e. The second-order valence-corrected chi connectivity index (χ2v) is 6.82. The minimum absolute atomic E-state index is 0.0337. The Bertz CT molecular complexity index is 793. The van der Waals surface area contributed by atoms with Crippen LogP contribution in [-0.4, -0.2) is 35.6 Å². The zero-order chi connectivity index (χ0) is 20.0. The molecule has 0 aliphatic carbocycles. The van der Waals surface area contributed by atoms with Crippen LogP contribution in [0, 0.1) is 18.7 Å². The Hall–Kier alpha value is -2.31. The Morgan fingerprint density at radius 2 is 2.07 bits per heavy atom. The molecule has 27 heavy (non-hydrogen) atoms. The number of rotatable bonds is 9. The number of halogens is 1. The number of benzene rings is 1. The van der Waals surface area contributed by atoms with E-state index in [1.807, 2.05) is 33.8 Å². The van der Waals surface area contributed by atoms with E-state index in [-0.39, 0.29) is 30.8 Å². The molecule has 0 spiro atoms. The monoisotopic (exact) mass is 374 g/mol. The molecule has 0 radical (unpaired) electrons. The van der Waals surface area contributed by atoms with E-state index in [1.54, 1.807) is 12.1 Å². The van der Waals surface area contributed by atoms with Gasteiger partial charge in [-0.1, -0.05) is 13.8 Å². The van der Waals surface area contributed by atoms with Crippen molar-refractivity contribution < 1.29 is 19.0 Å². The number of nitrogens with one attached hydrogen (secondary N) is 1. The average Bonchev–Trinajstić information content (AvgIpc) is 2.64. The van der Waals surface area contributed by atoms with Crippen LogP contribution in [0.5, 0.6) is 5.75 Å². The summed E-state index contributed by atoms with van der Waals surface area (Å²) in [4.78, 5) is 15.9. The zero-order valence-corrected chi connectivity index (χ0v) is 16.3. The first-order chi connectivity index (χ1) is 12.9. The molecule has 0 aliphatic rings. The topological polar surface area (TPSA) is 71.5 Å². The van der Waals surface area contributed by atoms with Gasteiger partial charge in [-0.15, -0.1) is 0 Å². The van der Waals surface area contributed by atoms with E-state index in [1.165, 1.54) is 6.07 Å². The Kier molecular flexibility index (Phi) is 7.45. The van der Waals surface area contributed by atoms with Crippen molar-refractivity contribution in [2.24, 2.45) is 5.92 Å². The number of pyridine rings is 1. The standard InChI is InChI=1S/C21H27FN2O3/c1-5-27-21-15(11-25)8-14(4)9-16(21)18-7-6-17(22)19(24-18)10-23-20(12-26)13(2)3/h6-9,11,13,20,23,26H,5,10,12H2,1-4H3/t20-/m0/s1. The maximum absolute atomic E-state index is 14.3. The van der Waals surface area contributed by atoms with Gasteiger partial charge in [-0.25, -0.2) is 9.37 Å². The van der Waals surface area contributed by atoms with Gasteiger partial charge in [0, 0.05) is 18.2 Å². The fraction of sp³-hybridized carbons (Fsp3) is 0.429. The fourth-order valence-electron chi connectivity index (χ4n) is 2.88. The molecule has 5 nitrogen and oxygen atoms in total. The summed E-state index contributed by atoms with van der Waals surface area (Å²) >= 11 is 0. The van der Waals surface area contributed by atoms with Crippen LogP contribution < -0.4 is 10.1 Å². The molecule has 1 aromatic carbocycles. The summed E-state index contributed by atoms with van der Waals surface area (Å²) in [7, 11) is 0. The van der Waals surface area contributed by atoms with Crippen molar-refractivity contribution in [1.82, 2.24) is 10.3 Å². The van der Waals surface area contributed by atoms with Gasteiger partial charge in [-0.2, -0.15) is 0 Å². The van der Waals surface area contributed by atoms with Gasteiger partial charge in [0.05, 0.1) is 30.2 Å². The highest BCUT2D eigenvalue weighted by molar-refractivity contribution is 5.86. The molecule has 1 heterocycles. The van der Waals surface area contributed by atoms with E-state index in [0.29, 0.717) is 29.2 Å². The van der Waals surface area contributed by atoms with Gasteiger partial charge in [0.1, 0.15) is 11.6 Å². The van der Waals surface area contributed by atoms with E-state index < -0.39 is 5.82 Å². The van der Waals surface area contributed by atoms with E-state index in [0.717, 1.165) is 11.8 Å². The van der Waals surface area contributed by atoms with Crippen LogP contribution in [0.15, 0.2) is 24.3 Å². The molecular formula is C21H27FN2O3. The summed E-state index contributed by atoms with van der Waals surface area (Å²) in [6.07, 6.45) is 0.752. The van der Waals surface area contributed by atoms with Gasteiger partial charge in [-0.05, 0) is 49.6 Å². The van der Waals surface area contributed by atoms with Gasteiger partial charge in [0.25, 0.3) is 0 Å². The van der Waals surface area contributed by atoms with Crippen molar-refractivity contribution in [3.63, 3.8) is 0 Å². The SMILES string of the molecule is CCOc1c(C=O)cc(C)cc1-c1ccc(F)c(CN[C@@H](CO)C(C)C)n1. The second kappa shape index (κ2) is 9.58. The number of aldehydes is 1. The smallest absolute Gasteiger partial charge is 0.153 e.